The van der Waals surface area contributed by atoms with Crippen molar-refractivity contribution in [2.75, 3.05) is 32.7 Å². The lowest BCUT2D eigenvalue weighted by atomic mass is 9.95. The molecule has 2 aliphatic rings. The van der Waals surface area contributed by atoms with Gasteiger partial charge in [0, 0.05) is 31.4 Å². The van der Waals surface area contributed by atoms with Crippen LogP contribution < -0.4 is 5.73 Å². The van der Waals surface area contributed by atoms with Crippen LogP contribution in [-0.4, -0.2) is 64.4 Å². The van der Waals surface area contributed by atoms with Gasteiger partial charge in [-0.3, -0.25) is 9.79 Å². The molecule has 0 aromatic heterocycles. The molecule has 0 radical (unpaired) electrons. The van der Waals surface area contributed by atoms with Gasteiger partial charge in [0.15, 0.2) is 5.17 Å². The highest BCUT2D eigenvalue weighted by Crippen LogP contribution is 2.24. The third-order valence-corrected chi connectivity index (χ3v) is 5.04. The molecule has 21 heavy (non-hydrogen) atoms. The average molecular weight is 335 g/mol. The molecule has 0 aliphatic carbocycles. The van der Waals surface area contributed by atoms with Crippen molar-refractivity contribution in [3.05, 3.63) is 0 Å². The van der Waals surface area contributed by atoms with E-state index in [0.29, 0.717) is 5.25 Å². The van der Waals surface area contributed by atoms with Gasteiger partial charge in [0.05, 0.1) is 12.1 Å². The Kier molecular flexibility index (Phi) is 6.81. The quantitative estimate of drug-likeness (QED) is 0.851. The summed E-state index contributed by atoms with van der Waals surface area (Å²) in [4.78, 5) is 21.2. The van der Waals surface area contributed by atoms with Crippen LogP contribution in [0.1, 0.15) is 33.6 Å². The van der Waals surface area contributed by atoms with Crippen molar-refractivity contribution in [2.45, 2.75) is 44.4 Å². The molecule has 0 spiro atoms. The molecule has 5 nitrogen and oxygen atoms in total. The van der Waals surface area contributed by atoms with E-state index in [-0.39, 0.29) is 18.3 Å². The number of amides is 1. The largest absolute Gasteiger partial charge is 0.348 e. The van der Waals surface area contributed by atoms with E-state index in [1.807, 2.05) is 23.6 Å². The summed E-state index contributed by atoms with van der Waals surface area (Å²) >= 11 is 1.84. The highest BCUT2D eigenvalue weighted by atomic mass is 35.5. The maximum absolute atomic E-state index is 12.4. The molecule has 122 valence electrons. The van der Waals surface area contributed by atoms with Gasteiger partial charge in [-0.25, -0.2) is 0 Å². The van der Waals surface area contributed by atoms with Crippen molar-refractivity contribution in [1.29, 1.82) is 0 Å². The number of aliphatic imine (C=N–C) groups is 1. The number of nitrogens with two attached hydrogens (primary N) is 1. The van der Waals surface area contributed by atoms with Crippen LogP contribution in [0, 0.1) is 0 Å². The number of thioether (sulfide) groups is 1. The molecule has 2 atom stereocenters. The van der Waals surface area contributed by atoms with Crippen LogP contribution in [0.15, 0.2) is 4.99 Å². The van der Waals surface area contributed by atoms with Crippen LogP contribution in [0.2, 0.25) is 0 Å². The number of piperazine rings is 1. The molecular formula is C14H27ClN4OS. The Balaban J connectivity index is 0.00000220. The predicted molar refractivity (Wildman–Crippen MR) is 92.3 cm³/mol. The predicted octanol–water partition coefficient (Wildman–Crippen LogP) is 1.56. The van der Waals surface area contributed by atoms with E-state index in [9.17, 15) is 4.79 Å². The molecule has 7 heteroatoms. The van der Waals surface area contributed by atoms with Crippen LogP contribution in [0.25, 0.3) is 0 Å². The molecule has 0 aromatic rings. The monoisotopic (exact) mass is 334 g/mol. The normalized spacial score (nSPS) is 25.1. The first-order valence-electron chi connectivity index (χ1n) is 7.48. The lowest BCUT2D eigenvalue weighted by Crippen LogP contribution is -2.58. The van der Waals surface area contributed by atoms with Crippen LogP contribution in [0.4, 0.5) is 0 Å². The molecular weight excluding hydrogens is 308 g/mol. The molecule has 2 heterocycles. The smallest absolute Gasteiger partial charge is 0.242 e. The Morgan fingerprint density at radius 3 is 2.52 bits per heavy atom. The molecule has 2 N–H and O–H groups in total. The molecule has 0 saturated carbocycles. The lowest BCUT2D eigenvalue weighted by molar-refractivity contribution is -0.138. The fraction of sp³-hybridized carbons (Fsp3) is 0.857. The van der Waals surface area contributed by atoms with Crippen molar-refractivity contribution in [3.8, 4) is 0 Å². The van der Waals surface area contributed by atoms with Crippen molar-refractivity contribution in [1.82, 2.24) is 9.80 Å². The Labute approximate surface area is 138 Å². The Morgan fingerprint density at radius 1 is 1.43 bits per heavy atom. The van der Waals surface area contributed by atoms with Gasteiger partial charge in [0.2, 0.25) is 5.91 Å². The number of halogens is 1. The minimum Gasteiger partial charge on any atom is -0.348 e. The minimum absolute atomic E-state index is 0. The number of carbonyl (C=O) groups is 1. The van der Waals surface area contributed by atoms with Gasteiger partial charge in [0.25, 0.3) is 0 Å². The maximum atomic E-state index is 12.4. The Morgan fingerprint density at radius 2 is 2.05 bits per heavy atom. The van der Waals surface area contributed by atoms with Gasteiger partial charge in [-0.1, -0.05) is 32.0 Å². The summed E-state index contributed by atoms with van der Waals surface area (Å²) in [5, 5.41) is 1.73. The molecule has 2 unspecified atom stereocenters. The van der Waals surface area contributed by atoms with Crippen LogP contribution in [0.5, 0.6) is 0 Å². The van der Waals surface area contributed by atoms with E-state index in [1.165, 1.54) is 0 Å². The number of carbonyl (C=O) groups excluding carboxylic acids is 1. The number of hydrogen-bond donors (Lipinski definition) is 1. The van der Waals surface area contributed by atoms with E-state index < -0.39 is 5.54 Å². The Bertz CT molecular complexity index is 394. The minimum atomic E-state index is -0.717. The molecule has 1 fully saturated rings. The zero-order valence-corrected chi connectivity index (χ0v) is 14.8. The summed E-state index contributed by atoms with van der Waals surface area (Å²) in [5.41, 5.74) is 5.43. The molecule has 0 aromatic carbocycles. The molecule has 2 aliphatic heterocycles. The second-order valence-electron chi connectivity index (χ2n) is 6.00. The number of nitrogens with zero attached hydrogens (tertiary/aromatic N) is 3. The first-order valence-corrected chi connectivity index (χ1v) is 8.36. The summed E-state index contributed by atoms with van der Waals surface area (Å²) in [5.74, 6) is 0.0911. The van der Waals surface area contributed by atoms with Gasteiger partial charge >= 0.3 is 0 Å². The summed E-state index contributed by atoms with van der Waals surface area (Å²) in [6.07, 6.45) is 1.68. The lowest BCUT2D eigenvalue weighted by Gasteiger charge is -2.39. The number of amidine groups is 1. The van der Waals surface area contributed by atoms with E-state index in [0.717, 1.165) is 50.7 Å². The van der Waals surface area contributed by atoms with Crippen LogP contribution >= 0.6 is 24.2 Å². The first-order chi connectivity index (χ1) is 9.44. The molecule has 0 bridgehead atoms. The second-order valence-corrected chi connectivity index (χ2v) is 7.40. The zero-order chi connectivity index (χ0) is 14.8. The van der Waals surface area contributed by atoms with Gasteiger partial charge < -0.3 is 15.5 Å². The first kappa shape index (κ1) is 18.6. The van der Waals surface area contributed by atoms with E-state index in [4.69, 9.17) is 5.73 Å². The zero-order valence-electron chi connectivity index (χ0n) is 13.2. The van der Waals surface area contributed by atoms with Crippen LogP contribution in [0.3, 0.4) is 0 Å². The summed E-state index contributed by atoms with van der Waals surface area (Å²) < 4.78 is 0. The third kappa shape index (κ3) is 4.50. The van der Waals surface area contributed by atoms with E-state index in [2.05, 4.69) is 23.7 Å². The number of hydrogen-bond acceptors (Lipinski definition) is 5. The molecule has 1 amide bonds. The summed E-state index contributed by atoms with van der Waals surface area (Å²) in [6, 6.07) is 0. The SMILES string of the molecule is CCCC(C)(N)C(=O)N1CCN(C2=NCC(C)S2)CC1.Cl. The second kappa shape index (κ2) is 7.70. The van der Waals surface area contributed by atoms with Gasteiger partial charge in [-0.15, -0.1) is 12.4 Å². The maximum Gasteiger partial charge on any atom is 0.242 e. The van der Waals surface area contributed by atoms with Gasteiger partial charge in [0.1, 0.15) is 0 Å². The fourth-order valence-corrected chi connectivity index (χ4v) is 3.71. The average Bonchev–Trinajstić information content (AvgIpc) is 2.85. The van der Waals surface area contributed by atoms with Crippen molar-refractivity contribution in [2.24, 2.45) is 10.7 Å². The van der Waals surface area contributed by atoms with Gasteiger partial charge in [-0.05, 0) is 13.3 Å². The van der Waals surface area contributed by atoms with Crippen molar-refractivity contribution < 1.29 is 4.79 Å². The van der Waals surface area contributed by atoms with E-state index in [1.54, 1.807) is 0 Å². The van der Waals surface area contributed by atoms with Crippen LogP contribution in [-0.2, 0) is 4.79 Å². The standard InChI is InChI=1S/C14H26N4OS.ClH/c1-4-5-14(3,15)12(19)17-6-8-18(9-7-17)13-16-10-11(2)20-13;/h11H,4-10,15H2,1-3H3;1H. The number of rotatable bonds is 3. The van der Waals surface area contributed by atoms with Crippen molar-refractivity contribution in [3.63, 3.8) is 0 Å². The fourth-order valence-electron chi connectivity index (χ4n) is 2.72. The summed E-state index contributed by atoms with van der Waals surface area (Å²) in [7, 11) is 0. The summed E-state index contributed by atoms with van der Waals surface area (Å²) in [6.45, 7) is 10.3. The third-order valence-electron chi connectivity index (χ3n) is 3.89. The highest BCUT2D eigenvalue weighted by Gasteiger charge is 2.34. The Hall–Kier alpha value is -0.460. The topological polar surface area (TPSA) is 61.9 Å². The molecule has 1 saturated heterocycles. The van der Waals surface area contributed by atoms with Crippen molar-refractivity contribution >= 4 is 35.2 Å². The van der Waals surface area contributed by atoms with Gasteiger partial charge in [-0.2, -0.15) is 0 Å². The molecule has 2 rings (SSSR count). The highest BCUT2D eigenvalue weighted by molar-refractivity contribution is 8.14. The van der Waals surface area contributed by atoms with E-state index >= 15 is 0 Å².